The summed E-state index contributed by atoms with van der Waals surface area (Å²) in [6, 6.07) is 7.55. The van der Waals surface area contributed by atoms with E-state index in [1.807, 2.05) is 19.1 Å². The quantitative estimate of drug-likeness (QED) is 0.751. The van der Waals surface area contributed by atoms with E-state index in [4.69, 9.17) is 16.7 Å². The molecule has 21 heavy (non-hydrogen) atoms. The van der Waals surface area contributed by atoms with Crippen molar-refractivity contribution in [2.45, 2.75) is 6.92 Å². The van der Waals surface area contributed by atoms with Gasteiger partial charge in [-0.1, -0.05) is 23.7 Å². The van der Waals surface area contributed by atoms with Gasteiger partial charge in [-0.25, -0.2) is 14.2 Å². The molecule has 0 aliphatic heterocycles. The van der Waals surface area contributed by atoms with Crippen LogP contribution < -0.4 is 0 Å². The van der Waals surface area contributed by atoms with E-state index in [2.05, 4.69) is 9.97 Å². The number of aromatic nitrogens is 2. The second-order valence-electron chi connectivity index (χ2n) is 4.70. The van der Waals surface area contributed by atoms with E-state index < -0.39 is 11.8 Å². The molecule has 0 amide bonds. The molecule has 0 aliphatic rings. The predicted octanol–water partition coefficient (Wildman–Crippen LogP) is 4.03. The molecule has 0 aliphatic carbocycles. The molecule has 1 aromatic heterocycles. The van der Waals surface area contributed by atoms with Crippen molar-refractivity contribution >= 4 is 28.6 Å². The maximum atomic E-state index is 13.5. The molecule has 1 heterocycles. The third-order valence-electron chi connectivity index (χ3n) is 3.23. The number of aromatic amines is 1. The van der Waals surface area contributed by atoms with Crippen LogP contribution in [-0.4, -0.2) is 21.0 Å². The Morgan fingerprint density at radius 2 is 2.10 bits per heavy atom. The highest BCUT2D eigenvalue weighted by Crippen LogP contribution is 2.27. The van der Waals surface area contributed by atoms with E-state index in [9.17, 15) is 9.18 Å². The number of fused-ring (bicyclic) bond motifs is 1. The molecule has 0 saturated carbocycles. The summed E-state index contributed by atoms with van der Waals surface area (Å²) < 4.78 is 13.5. The molecule has 0 atom stereocenters. The zero-order chi connectivity index (χ0) is 15.1. The van der Waals surface area contributed by atoms with Crippen LogP contribution >= 0.6 is 11.6 Å². The fourth-order valence-electron chi connectivity index (χ4n) is 2.12. The normalized spacial score (nSPS) is 11.0. The van der Waals surface area contributed by atoms with E-state index in [0.29, 0.717) is 21.9 Å². The van der Waals surface area contributed by atoms with Gasteiger partial charge in [0, 0.05) is 10.6 Å². The molecular formula is C15H10ClFN2O2. The van der Waals surface area contributed by atoms with Gasteiger partial charge in [-0.05, 0) is 30.7 Å². The molecular weight excluding hydrogens is 295 g/mol. The molecule has 4 nitrogen and oxygen atoms in total. The van der Waals surface area contributed by atoms with Crippen LogP contribution in [0.3, 0.4) is 0 Å². The lowest BCUT2D eigenvalue weighted by atomic mass is 10.1. The lowest BCUT2D eigenvalue weighted by Gasteiger charge is -2.00. The maximum Gasteiger partial charge on any atom is 0.338 e. The predicted molar refractivity (Wildman–Crippen MR) is 78.2 cm³/mol. The first kappa shape index (κ1) is 13.6. The molecule has 0 saturated heterocycles. The summed E-state index contributed by atoms with van der Waals surface area (Å²) in [7, 11) is 0. The summed E-state index contributed by atoms with van der Waals surface area (Å²) in [6.45, 7) is 1.88. The van der Waals surface area contributed by atoms with Crippen molar-refractivity contribution in [2.75, 3.05) is 0 Å². The Bertz CT molecular complexity index is 873. The van der Waals surface area contributed by atoms with Crippen LogP contribution in [-0.2, 0) is 0 Å². The fourth-order valence-corrected chi connectivity index (χ4v) is 2.30. The van der Waals surface area contributed by atoms with Crippen molar-refractivity contribution in [3.05, 3.63) is 52.3 Å². The number of benzene rings is 2. The van der Waals surface area contributed by atoms with Gasteiger partial charge < -0.3 is 10.1 Å². The summed E-state index contributed by atoms with van der Waals surface area (Å²) in [5.41, 5.74) is 2.01. The van der Waals surface area contributed by atoms with E-state index in [1.165, 1.54) is 6.07 Å². The molecule has 6 heteroatoms. The number of hydrogen-bond donors (Lipinski definition) is 2. The molecule has 0 bridgehead atoms. The average Bonchev–Trinajstić information content (AvgIpc) is 2.84. The second-order valence-corrected chi connectivity index (χ2v) is 5.11. The second kappa shape index (κ2) is 4.86. The van der Waals surface area contributed by atoms with Crippen molar-refractivity contribution in [1.82, 2.24) is 9.97 Å². The van der Waals surface area contributed by atoms with Crippen molar-refractivity contribution in [3.8, 4) is 11.4 Å². The summed E-state index contributed by atoms with van der Waals surface area (Å²) in [5, 5.41) is 9.71. The topological polar surface area (TPSA) is 66.0 Å². The van der Waals surface area contributed by atoms with Gasteiger partial charge in [0.15, 0.2) is 0 Å². The van der Waals surface area contributed by atoms with Crippen molar-refractivity contribution in [2.24, 2.45) is 0 Å². The first-order chi connectivity index (χ1) is 9.95. The third kappa shape index (κ3) is 2.36. The number of imidazole rings is 1. The number of nitrogens with zero attached hydrogens (tertiary/aromatic N) is 1. The minimum Gasteiger partial charge on any atom is -0.478 e. The van der Waals surface area contributed by atoms with E-state index in [-0.39, 0.29) is 11.1 Å². The first-order valence-electron chi connectivity index (χ1n) is 6.15. The number of carbonyl (C=O) groups is 1. The van der Waals surface area contributed by atoms with Crippen LogP contribution in [0.15, 0.2) is 30.3 Å². The monoisotopic (exact) mass is 304 g/mol. The fraction of sp³-hybridized carbons (Fsp3) is 0.0667. The number of aryl methyl sites for hydroxylation is 1. The van der Waals surface area contributed by atoms with Gasteiger partial charge in [0.25, 0.3) is 0 Å². The highest BCUT2D eigenvalue weighted by molar-refractivity contribution is 6.31. The number of carboxylic acid groups (broad SMARTS) is 1. The average molecular weight is 305 g/mol. The largest absolute Gasteiger partial charge is 0.478 e. The summed E-state index contributed by atoms with van der Waals surface area (Å²) in [5.74, 6) is -1.41. The van der Waals surface area contributed by atoms with Crippen molar-refractivity contribution in [1.29, 1.82) is 0 Å². The first-order valence-corrected chi connectivity index (χ1v) is 6.52. The summed E-state index contributed by atoms with van der Waals surface area (Å²) in [6.07, 6.45) is 0. The van der Waals surface area contributed by atoms with Gasteiger partial charge in [-0.15, -0.1) is 0 Å². The van der Waals surface area contributed by atoms with Gasteiger partial charge in [0.1, 0.15) is 17.2 Å². The molecule has 3 aromatic rings. The van der Waals surface area contributed by atoms with Crippen LogP contribution in [0.5, 0.6) is 0 Å². The Kier molecular flexibility index (Phi) is 3.14. The number of H-pyrrole nitrogens is 1. The number of nitrogens with one attached hydrogen (secondary N) is 1. The Labute approximate surface area is 124 Å². The van der Waals surface area contributed by atoms with Gasteiger partial charge in [0.05, 0.1) is 11.1 Å². The Balaban J connectivity index is 2.23. The smallest absolute Gasteiger partial charge is 0.338 e. The standard InChI is InChI=1S/C15H10ClFN2O2/c1-7-2-3-8(4-11(7)16)14-18-12-6-9(17)5-10(15(20)21)13(12)19-14/h2-6H,1H3,(H,18,19)(H,20,21). The van der Waals surface area contributed by atoms with Crippen LogP contribution in [0, 0.1) is 12.7 Å². The molecule has 2 N–H and O–H groups in total. The van der Waals surface area contributed by atoms with Gasteiger partial charge in [-0.2, -0.15) is 0 Å². The summed E-state index contributed by atoms with van der Waals surface area (Å²) in [4.78, 5) is 18.3. The number of halogens is 2. The third-order valence-corrected chi connectivity index (χ3v) is 3.63. The van der Waals surface area contributed by atoms with Gasteiger partial charge >= 0.3 is 5.97 Å². The molecule has 2 aromatic carbocycles. The number of rotatable bonds is 2. The molecule has 3 rings (SSSR count). The van der Waals surface area contributed by atoms with Crippen LogP contribution in [0.1, 0.15) is 15.9 Å². The highest BCUT2D eigenvalue weighted by Gasteiger charge is 2.16. The Morgan fingerprint density at radius 3 is 2.76 bits per heavy atom. The van der Waals surface area contributed by atoms with Crippen molar-refractivity contribution < 1.29 is 14.3 Å². The highest BCUT2D eigenvalue weighted by atomic mass is 35.5. The Hall–Kier alpha value is -2.40. The van der Waals surface area contributed by atoms with Crippen LogP contribution in [0.25, 0.3) is 22.4 Å². The minimum absolute atomic E-state index is 0.175. The molecule has 0 spiro atoms. The molecule has 106 valence electrons. The zero-order valence-electron chi connectivity index (χ0n) is 10.9. The Morgan fingerprint density at radius 1 is 1.33 bits per heavy atom. The lowest BCUT2D eigenvalue weighted by Crippen LogP contribution is -1.98. The molecule has 0 fully saturated rings. The SMILES string of the molecule is Cc1ccc(-c2nc3c(C(=O)O)cc(F)cc3[nH]2)cc1Cl. The number of hydrogen-bond acceptors (Lipinski definition) is 2. The number of aromatic carboxylic acids is 1. The van der Waals surface area contributed by atoms with Crippen molar-refractivity contribution in [3.63, 3.8) is 0 Å². The minimum atomic E-state index is -1.22. The maximum absolute atomic E-state index is 13.5. The molecule has 0 radical (unpaired) electrons. The van der Waals surface area contributed by atoms with E-state index in [1.54, 1.807) is 6.07 Å². The lowest BCUT2D eigenvalue weighted by molar-refractivity contribution is 0.0698. The summed E-state index contributed by atoms with van der Waals surface area (Å²) >= 11 is 6.07. The molecule has 0 unspecified atom stereocenters. The van der Waals surface area contributed by atoms with E-state index in [0.717, 1.165) is 11.6 Å². The van der Waals surface area contributed by atoms with Crippen LogP contribution in [0.2, 0.25) is 5.02 Å². The van der Waals surface area contributed by atoms with Gasteiger partial charge in [-0.3, -0.25) is 0 Å². The number of carboxylic acids is 1. The van der Waals surface area contributed by atoms with Crippen LogP contribution in [0.4, 0.5) is 4.39 Å². The zero-order valence-corrected chi connectivity index (χ0v) is 11.7. The van der Waals surface area contributed by atoms with E-state index >= 15 is 0 Å². The van der Waals surface area contributed by atoms with Gasteiger partial charge in [0.2, 0.25) is 0 Å².